The molecule has 3 aliphatic rings. The predicted octanol–water partition coefficient (Wildman–Crippen LogP) is 0.462. The lowest BCUT2D eigenvalue weighted by atomic mass is 9.90. The van der Waals surface area contributed by atoms with Gasteiger partial charge in [-0.25, -0.2) is 9.59 Å². The number of hydrogen-bond acceptors (Lipinski definition) is 6. The molecule has 3 atom stereocenters. The number of ether oxygens (including phenoxy) is 2. The van der Waals surface area contributed by atoms with Crippen LogP contribution in [0.25, 0.3) is 0 Å². The van der Waals surface area contributed by atoms with E-state index in [-0.39, 0.29) is 11.7 Å². The summed E-state index contributed by atoms with van der Waals surface area (Å²) in [5, 5.41) is 0. The summed E-state index contributed by atoms with van der Waals surface area (Å²) in [5.74, 6) is -0.808. The van der Waals surface area contributed by atoms with Gasteiger partial charge in [-0.1, -0.05) is 0 Å². The molecule has 0 bridgehead atoms. The smallest absolute Gasteiger partial charge is 0.411 e. The number of fused-ring (bicyclic) bond motifs is 3. The first-order chi connectivity index (χ1) is 10.1. The van der Waals surface area contributed by atoms with E-state index >= 15 is 0 Å². The van der Waals surface area contributed by atoms with E-state index in [1.807, 2.05) is 0 Å². The Morgan fingerprint density at radius 2 is 2.05 bits per heavy atom. The van der Waals surface area contributed by atoms with Gasteiger partial charge in [0, 0.05) is 5.92 Å². The zero-order valence-corrected chi connectivity index (χ0v) is 11.6. The van der Waals surface area contributed by atoms with Crippen LogP contribution in [0.15, 0.2) is 28.8 Å². The first-order valence-corrected chi connectivity index (χ1v) is 6.52. The number of amides is 1. The lowest BCUT2D eigenvalue weighted by Gasteiger charge is -2.24. The Bertz CT molecular complexity index is 619. The van der Waals surface area contributed by atoms with Gasteiger partial charge in [0.05, 0.1) is 19.9 Å². The summed E-state index contributed by atoms with van der Waals surface area (Å²) in [4.78, 5) is 41.1. The lowest BCUT2D eigenvalue weighted by molar-refractivity contribution is -0.145. The molecule has 1 saturated heterocycles. The minimum atomic E-state index is -0.746. The highest BCUT2D eigenvalue weighted by Crippen LogP contribution is 2.42. The van der Waals surface area contributed by atoms with Crippen molar-refractivity contribution < 1.29 is 23.9 Å². The van der Waals surface area contributed by atoms with Crippen LogP contribution in [0.3, 0.4) is 0 Å². The van der Waals surface area contributed by atoms with E-state index in [1.54, 1.807) is 6.08 Å². The van der Waals surface area contributed by atoms with E-state index in [0.29, 0.717) is 12.1 Å². The molecule has 3 rings (SSSR count). The first kappa shape index (κ1) is 13.5. The molecule has 7 nitrogen and oxygen atoms in total. The average Bonchev–Trinajstić information content (AvgIpc) is 3.01. The number of ketones is 1. The van der Waals surface area contributed by atoms with Crippen molar-refractivity contribution in [3.63, 3.8) is 0 Å². The van der Waals surface area contributed by atoms with E-state index in [0.717, 1.165) is 5.57 Å². The predicted molar refractivity (Wildman–Crippen MR) is 71.6 cm³/mol. The molecular weight excluding hydrogens is 276 g/mol. The molecule has 0 aromatic rings. The number of esters is 1. The molecular formula is C14H14N2O5. The van der Waals surface area contributed by atoms with Crippen molar-refractivity contribution in [2.75, 3.05) is 14.2 Å². The Morgan fingerprint density at radius 3 is 2.71 bits per heavy atom. The van der Waals surface area contributed by atoms with Gasteiger partial charge in [-0.05, 0) is 30.2 Å². The molecule has 2 aliphatic heterocycles. The van der Waals surface area contributed by atoms with Gasteiger partial charge in [-0.2, -0.15) is 0 Å². The van der Waals surface area contributed by atoms with E-state index in [9.17, 15) is 14.4 Å². The van der Waals surface area contributed by atoms with Crippen LogP contribution in [0.5, 0.6) is 0 Å². The molecule has 1 unspecified atom stereocenters. The molecule has 0 saturated carbocycles. The van der Waals surface area contributed by atoms with Crippen LogP contribution in [0, 0.1) is 5.92 Å². The van der Waals surface area contributed by atoms with Gasteiger partial charge in [0.25, 0.3) is 0 Å². The van der Waals surface area contributed by atoms with Crippen LogP contribution in [0.2, 0.25) is 0 Å². The third kappa shape index (κ3) is 1.96. The maximum absolute atomic E-state index is 12.0. The molecule has 7 heteroatoms. The zero-order chi connectivity index (χ0) is 15.1. The summed E-state index contributed by atoms with van der Waals surface area (Å²) in [6.07, 6.45) is 3.79. The lowest BCUT2D eigenvalue weighted by Crippen LogP contribution is -2.44. The van der Waals surface area contributed by atoms with Crippen molar-refractivity contribution in [1.82, 2.24) is 4.90 Å². The second kappa shape index (κ2) is 4.83. The van der Waals surface area contributed by atoms with E-state index in [1.165, 1.54) is 31.3 Å². The van der Waals surface area contributed by atoms with Gasteiger partial charge in [0.1, 0.15) is 12.2 Å². The number of rotatable bonds is 1. The Kier molecular flexibility index (Phi) is 3.12. The molecule has 0 radical (unpaired) electrons. The third-order valence-corrected chi connectivity index (χ3v) is 3.99. The molecule has 0 N–H and O–H groups in total. The summed E-state index contributed by atoms with van der Waals surface area (Å²) in [6, 6.07) is -0.746. The van der Waals surface area contributed by atoms with Crippen molar-refractivity contribution >= 4 is 23.6 Å². The highest BCUT2D eigenvalue weighted by molar-refractivity contribution is 6.21. The van der Waals surface area contributed by atoms with Crippen molar-refractivity contribution in [3.8, 4) is 0 Å². The number of methoxy groups -OCH3 is 2. The van der Waals surface area contributed by atoms with Crippen molar-refractivity contribution in [3.05, 3.63) is 23.8 Å². The van der Waals surface area contributed by atoms with Gasteiger partial charge in [-0.15, -0.1) is 0 Å². The Labute approximate surface area is 120 Å². The van der Waals surface area contributed by atoms with E-state index < -0.39 is 24.3 Å². The van der Waals surface area contributed by atoms with Crippen molar-refractivity contribution in [2.45, 2.75) is 18.6 Å². The Morgan fingerprint density at radius 1 is 1.29 bits per heavy atom. The molecule has 110 valence electrons. The second-order valence-corrected chi connectivity index (χ2v) is 5.02. The fourth-order valence-electron chi connectivity index (χ4n) is 3.07. The summed E-state index contributed by atoms with van der Waals surface area (Å²) >= 11 is 0. The maximum atomic E-state index is 12.0. The van der Waals surface area contributed by atoms with Gasteiger partial charge < -0.3 is 9.47 Å². The SMILES string of the molecule is COC(=O)C1C[C@H]2C3=CC(=O)C=CC3=N[C@H]2N1C(=O)OC. The molecule has 0 aromatic heterocycles. The fourth-order valence-corrected chi connectivity index (χ4v) is 3.07. The zero-order valence-electron chi connectivity index (χ0n) is 11.6. The normalized spacial score (nSPS) is 29.5. The van der Waals surface area contributed by atoms with E-state index in [2.05, 4.69) is 4.99 Å². The average molecular weight is 290 g/mol. The monoisotopic (exact) mass is 290 g/mol. The summed E-state index contributed by atoms with van der Waals surface area (Å²) < 4.78 is 9.49. The first-order valence-electron chi connectivity index (χ1n) is 6.52. The van der Waals surface area contributed by atoms with Crippen LogP contribution in [0.1, 0.15) is 6.42 Å². The number of hydrogen-bond donors (Lipinski definition) is 0. The Hall–Kier alpha value is -2.44. The third-order valence-electron chi connectivity index (χ3n) is 3.99. The molecule has 1 fully saturated rings. The number of likely N-dealkylation sites (tertiary alicyclic amines) is 1. The van der Waals surface area contributed by atoms with Crippen LogP contribution < -0.4 is 0 Å². The van der Waals surface area contributed by atoms with Crippen LogP contribution in [-0.4, -0.2) is 54.9 Å². The second-order valence-electron chi connectivity index (χ2n) is 5.02. The van der Waals surface area contributed by atoms with Gasteiger partial charge in [-0.3, -0.25) is 14.7 Å². The minimum absolute atomic E-state index is 0.115. The number of carbonyl (C=O) groups excluding carboxylic acids is 3. The maximum Gasteiger partial charge on any atom is 0.411 e. The number of carbonyl (C=O) groups is 3. The summed E-state index contributed by atoms with van der Waals surface area (Å²) in [6.45, 7) is 0. The van der Waals surface area contributed by atoms with E-state index in [4.69, 9.17) is 9.47 Å². The number of allylic oxidation sites excluding steroid dienone is 3. The molecule has 1 amide bonds. The summed E-state index contributed by atoms with van der Waals surface area (Å²) in [5.41, 5.74) is 1.45. The molecule has 0 aromatic carbocycles. The number of nitrogens with zero attached hydrogens (tertiary/aromatic N) is 2. The van der Waals surface area contributed by atoms with Gasteiger partial charge >= 0.3 is 12.1 Å². The van der Waals surface area contributed by atoms with Gasteiger partial charge in [0.2, 0.25) is 0 Å². The molecule has 0 spiro atoms. The largest absolute Gasteiger partial charge is 0.467 e. The molecule has 2 heterocycles. The molecule has 21 heavy (non-hydrogen) atoms. The van der Waals surface area contributed by atoms with Crippen LogP contribution in [0.4, 0.5) is 4.79 Å². The van der Waals surface area contributed by atoms with Crippen molar-refractivity contribution in [2.24, 2.45) is 10.9 Å². The topological polar surface area (TPSA) is 85.3 Å². The van der Waals surface area contributed by atoms with Crippen molar-refractivity contribution in [1.29, 1.82) is 0 Å². The summed E-state index contributed by atoms with van der Waals surface area (Å²) in [7, 11) is 2.52. The fraction of sp³-hybridized carbons (Fsp3) is 0.429. The minimum Gasteiger partial charge on any atom is -0.467 e. The van der Waals surface area contributed by atoms with Gasteiger partial charge in [0.15, 0.2) is 5.78 Å². The number of aliphatic imine (C=N–C) groups is 1. The molecule has 1 aliphatic carbocycles. The van der Waals surface area contributed by atoms with Crippen LogP contribution >= 0.6 is 0 Å². The quantitative estimate of drug-likeness (QED) is 0.517. The van der Waals surface area contributed by atoms with Crippen LogP contribution in [-0.2, 0) is 19.1 Å². The standard InChI is InChI=1S/C14H14N2O5/c1-20-13(18)11-6-9-8-5-7(17)3-4-10(8)15-12(9)16(11)14(19)21-2/h3-5,9,11-12H,6H2,1-2H3/t9-,11?,12-/m0/s1. The Balaban J connectivity index is 1.99. The highest BCUT2D eigenvalue weighted by Gasteiger charge is 2.53. The highest BCUT2D eigenvalue weighted by atomic mass is 16.5.